The van der Waals surface area contributed by atoms with E-state index in [0.29, 0.717) is 11.4 Å². The molecule has 0 amide bonds. The van der Waals surface area contributed by atoms with Crippen LogP contribution in [-0.2, 0) is 0 Å². The number of hydrogen-bond acceptors (Lipinski definition) is 2. The Labute approximate surface area is 391 Å². The van der Waals surface area contributed by atoms with Gasteiger partial charge in [0.1, 0.15) is 0 Å². The van der Waals surface area contributed by atoms with Crippen LogP contribution >= 0.6 is 11.3 Å². The highest BCUT2D eigenvalue weighted by Gasteiger charge is 2.19. The van der Waals surface area contributed by atoms with E-state index in [1.165, 1.54) is 0 Å². The molecule has 0 aliphatic heterocycles. The lowest BCUT2D eigenvalue weighted by Crippen LogP contribution is -2.09. The number of thiophene rings is 1. The number of aromatic nitrogens is 1. The Morgan fingerprint density at radius 2 is 0.841 bits per heavy atom. The van der Waals surface area contributed by atoms with Crippen molar-refractivity contribution in [2.75, 3.05) is 4.90 Å². The van der Waals surface area contributed by atoms with Crippen LogP contribution in [-0.4, -0.2) is 4.57 Å². The fourth-order valence-electron chi connectivity index (χ4n) is 8.44. The first kappa shape index (κ1) is 24.5. The number of para-hydroxylation sites is 3. The Hall–Kier alpha value is -7.98. The summed E-state index contributed by atoms with van der Waals surface area (Å²) in [6.07, 6.45) is 0. The van der Waals surface area contributed by atoms with Crippen LogP contribution in [0.5, 0.6) is 0 Å². The van der Waals surface area contributed by atoms with Crippen molar-refractivity contribution in [1.82, 2.24) is 4.57 Å². The van der Waals surface area contributed by atoms with E-state index in [4.69, 9.17) is 13.7 Å². The second-order valence-corrected chi connectivity index (χ2v) is 15.9. The van der Waals surface area contributed by atoms with E-state index in [2.05, 4.69) is 41.0 Å². The van der Waals surface area contributed by atoms with Crippen LogP contribution in [0.25, 0.3) is 92.2 Å². The van der Waals surface area contributed by atoms with Crippen molar-refractivity contribution in [1.29, 1.82) is 0 Å². The van der Waals surface area contributed by atoms with Crippen molar-refractivity contribution in [2.45, 2.75) is 0 Å². The molecule has 0 aliphatic rings. The first-order chi connectivity index (χ1) is 37.5. The molecule has 63 heavy (non-hydrogen) atoms. The van der Waals surface area contributed by atoms with E-state index < -0.39 is 96.2 Å². The highest BCUT2D eigenvalue weighted by molar-refractivity contribution is 7.26. The molecule has 0 saturated carbocycles. The van der Waals surface area contributed by atoms with Gasteiger partial charge in [-0.05, 0) is 93.5 Å². The average molecular weight is 836 g/mol. The third-order valence-electron chi connectivity index (χ3n) is 11.3. The largest absolute Gasteiger partial charge is 0.311 e. The Morgan fingerprint density at radius 3 is 1.46 bits per heavy atom. The van der Waals surface area contributed by atoms with Crippen LogP contribution in [0.15, 0.2) is 242 Å². The molecule has 2 heterocycles. The van der Waals surface area contributed by atoms with Crippen LogP contribution in [0.4, 0.5) is 17.1 Å². The first-order valence-electron chi connectivity index (χ1n) is 27.8. The normalized spacial score (nSPS) is 14.8. The lowest BCUT2D eigenvalue weighted by atomic mass is 9.99. The van der Waals surface area contributed by atoms with Gasteiger partial charge in [0.2, 0.25) is 0 Å². The van der Waals surface area contributed by atoms with Crippen LogP contribution in [0, 0.1) is 0 Å². The van der Waals surface area contributed by atoms with Gasteiger partial charge in [-0.25, -0.2) is 0 Å². The molecule has 10 aromatic carbocycles. The van der Waals surface area contributed by atoms with Crippen molar-refractivity contribution in [3.8, 4) is 50.2 Å². The van der Waals surface area contributed by atoms with Gasteiger partial charge >= 0.3 is 0 Å². The maximum Gasteiger partial charge on any atom is 0.0645 e. The Bertz CT molecular complexity index is 4390. The smallest absolute Gasteiger partial charge is 0.0645 e. The molecule has 12 rings (SSSR count). The number of anilines is 3. The van der Waals surface area contributed by atoms with Crippen molar-refractivity contribution >= 4 is 70.4 Å². The first-order valence-corrected chi connectivity index (χ1v) is 21.1. The zero-order valence-corrected chi connectivity index (χ0v) is 34.1. The SMILES string of the molecule is [2H]c1c([2H])c([2H])c(-c2c([2H])c([2H])c([2H])c3c2sc2c(-c4c([2H])c([2H])c(N(c5ccc(-c6ccccc6)cc5)c5ccc(-c6ccccc6-n6c7ccccc7c7ccccc76)cc5)c([2H])c4[2H])c([2H])c([2H])c([2H])c23)c([2H])c1[2H]. The van der Waals surface area contributed by atoms with Crippen molar-refractivity contribution in [2.24, 2.45) is 0 Å². The zero-order valence-electron chi connectivity index (χ0n) is 48.2. The zero-order chi connectivity index (χ0) is 54.7. The van der Waals surface area contributed by atoms with Gasteiger partial charge < -0.3 is 9.47 Å². The van der Waals surface area contributed by atoms with Crippen molar-refractivity contribution in [3.63, 3.8) is 0 Å². The van der Waals surface area contributed by atoms with Gasteiger partial charge in [-0.1, -0.05) is 188 Å². The minimum absolute atomic E-state index is 0.0400. The van der Waals surface area contributed by atoms with Gasteiger partial charge in [-0.3, -0.25) is 0 Å². The van der Waals surface area contributed by atoms with Gasteiger partial charge in [0.15, 0.2) is 0 Å². The Kier molecular flexibility index (Phi) is 6.01. The summed E-state index contributed by atoms with van der Waals surface area (Å²) < 4.78 is 138. The van der Waals surface area contributed by atoms with E-state index >= 15 is 0 Å². The summed E-state index contributed by atoms with van der Waals surface area (Å²) in [5, 5.41) is 1.93. The molecule has 0 aliphatic carbocycles. The molecule has 12 aromatic rings. The predicted octanol–water partition coefficient (Wildman–Crippen LogP) is 17.3. The quantitative estimate of drug-likeness (QED) is 0.148. The van der Waals surface area contributed by atoms with Crippen molar-refractivity contribution < 1.29 is 20.6 Å². The molecule has 296 valence electrons. The van der Waals surface area contributed by atoms with E-state index in [1.807, 2.05) is 115 Å². The summed E-state index contributed by atoms with van der Waals surface area (Å²) in [5.74, 6) is 0. The van der Waals surface area contributed by atoms with Gasteiger partial charge in [0.05, 0.1) is 37.3 Å². The average Bonchev–Trinajstić information content (AvgIpc) is 4.22. The highest BCUT2D eigenvalue weighted by atomic mass is 32.1. The molecule has 3 heteroatoms. The van der Waals surface area contributed by atoms with Gasteiger partial charge in [-0.15, -0.1) is 11.3 Å². The second kappa shape index (κ2) is 15.5. The molecule has 0 spiro atoms. The highest BCUT2D eigenvalue weighted by Crippen LogP contribution is 2.45. The molecule has 0 fully saturated rings. The summed E-state index contributed by atoms with van der Waals surface area (Å²) in [6, 6.07) is 40.2. The number of rotatable bonds is 8. The standard InChI is InChI=1S/C60H40N2S/c1-3-15-41(16-4-1)42-29-35-46(36-30-42)61(47-37-31-44(32-38-47)49-19-7-10-26-56(49)62-57-27-11-8-20-52(57)53-21-9-12-28-58(53)62)48-39-33-45(34-40-48)51-23-14-25-55-54-24-13-22-50(59(54)63-60(51)55)43-17-5-2-6-18-43/h1-40H/i2D,5D,6D,13D,14D,17D,18D,22D,23D,24D,25D,33D,34D,39D,40D. The number of benzene rings is 10. The molecule has 0 radical (unpaired) electrons. The fourth-order valence-corrected chi connectivity index (χ4v) is 9.67. The lowest BCUT2D eigenvalue weighted by molar-refractivity contribution is 1.18. The topological polar surface area (TPSA) is 8.17 Å². The maximum absolute atomic E-state index is 9.82. The molecule has 2 aromatic heterocycles. The molecule has 2 nitrogen and oxygen atoms in total. The Morgan fingerprint density at radius 1 is 0.333 bits per heavy atom. The van der Waals surface area contributed by atoms with Gasteiger partial charge in [0, 0.05) is 53.6 Å². The lowest BCUT2D eigenvalue weighted by Gasteiger charge is -2.26. The van der Waals surface area contributed by atoms with E-state index in [9.17, 15) is 6.85 Å². The minimum atomic E-state index is -0.702. The van der Waals surface area contributed by atoms with Gasteiger partial charge in [-0.2, -0.15) is 0 Å². The molecule has 0 atom stereocenters. The fraction of sp³-hybridized carbons (Fsp3) is 0. The molecule has 0 saturated heterocycles. The summed E-state index contributed by atoms with van der Waals surface area (Å²) in [4.78, 5) is 1.64. The number of nitrogens with zero attached hydrogens (tertiary/aromatic N) is 2. The van der Waals surface area contributed by atoms with Gasteiger partial charge in [0.25, 0.3) is 0 Å². The summed E-state index contributed by atoms with van der Waals surface area (Å²) in [7, 11) is 0. The molecular weight excluding hydrogens is 781 g/mol. The third kappa shape index (κ3) is 6.41. The van der Waals surface area contributed by atoms with E-state index in [0.717, 1.165) is 61.1 Å². The predicted molar refractivity (Wildman–Crippen MR) is 270 cm³/mol. The van der Waals surface area contributed by atoms with Crippen LogP contribution in [0.1, 0.15) is 20.6 Å². The monoisotopic (exact) mass is 835 g/mol. The Balaban J connectivity index is 1.06. The van der Waals surface area contributed by atoms with Crippen LogP contribution in [0.2, 0.25) is 0 Å². The molecule has 0 bridgehead atoms. The molecule has 0 unspecified atom stereocenters. The summed E-state index contributed by atoms with van der Waals surface area (Å²) >= 11 is 0.761. The summed E-state index contributed by atoms with van der Waals surface area (Å²) in [5.41, 5.74) is 6.19. The van der Waals surface area contributed by atoms with Crippen molar-refractivity contribution in [3.05, 3.63) is 242 Å². The maximum atomic E-state index is 9.82. The number of fused-ring (bicyclic) bond motifs is 6. The summed E-state index contributed by atoms with van der Waals surface area (Å²) in [6.45, 7) is 0. The van der Waals surface area contributed by atoms with E-state index in [1.54, 1.807) is 4.90 Å². The van der Waals surface area contributed by atoms with Crippen LogP contribution < -0.4 is 4.90 Å². The third-order valence-corrected chi connectivity index (χ3v) is 12.6. The second-order valence-electron chi connectivity index (χ2n) is 14.9. The minimum Gasteiger partial charge on any atom is -0.311 e. The number of hydrogen-bond donors (Lipinski definition) is 0. The molecule has 0 N–H and O–H groups in total. The van der Waals surface area contributed by atoms with Crippen LogP contribution in [0.3, 0.4) is 0 Å². The molecular formula is C60H40N2S. The van der Waals surface area contributed by atoms with E-state index in [-0.39, 0.29) is 42.6 Å².